The van der Waals surface area contributed by atoms with Gasteiger partial charge in [-0.05, 0) is 19.3 Å². The summed E-state index contributed by atoms with van der Waals surface area (Å²) in [4.78, 5) is 0. The van der Waals surface area contributed by atoms with E-state index in [-0.39, 0.29) is 11.9 Å². The molecule has 1 heterocycles. The fourth-order valence-electron chi connectivity index (χ4n) is 2.11. The summed E-state index contributed by atoms with van der Waals surface area (Å²) in [5.41, 5.74) is -0.846. The van der Waals surface area contributed by atoms with Crippen LogP contribution in [0.1, 0.15) is 39.0 Å². The Balaban J connectivity index is 2.49. The highest BCUT2D eigenvalue weighted by Crippen LogP contribution is 2.30. The average molecular weight is 250 g/mol. The molecule has 16 heavy (non-hydrogen) atoms. The monoisotopic (exact) mass is 250 g/mol. The fourth-order valence-corrected chi connectivity index (χ4v) is 2.86. The van der Waals surface area contributed by atoms with E-state index < -0.39 is 15.4 Å². The first-order chi connectivity index (χ1) is 7.35. The highest BCUT2D eigenvalue weighted by atomic mass is 32.2. The fraction of sp³-hybridized carbons (Fsp3) is 1.00. The zero-order valence-electron chi connectivity index (χ0n) is 10.1. The summed E-state index contributed by atoms with van der Waals surface area (Å²) < 4.78 is 27.7. The van der Waals surface area contributed by atoms with Crippen LogP contribution in [0.2, 0.25) is 0 Å². The number of rotatable bonds is 5. The van der Waals surface area contributed by atoms with Crippen molar-refractivity contribution in [3.8, 4) is 0 Å². The molecule has 0 aromatic heterocycles. The van der Waals surface area contributed by atoms with E-state index in [0.717, 1.165) is 12.8 Å². The maximum atomic E-state index is 11.1. The molecule has 1 rings (SSSR count). The SMILES string of the molecule is CCCC1CC(O)(CCS(C)(=O)=O)CCO1. The minimum absolute atomic E-state index is 0.0579. The minimum atomic E-state index is -2.99. The number of hydrogen-bond donors (Lipinski definition) is 1. The van der Waals surface area contributed by atoms with Crippen LogP contribution in [0.5, 0.6) is 0 Å². The van der Waals surface area contributed by atoms with E-state index in [0.29, 0.717) is 25.9 Å². The first kappa shape index (κ1) is 13.9. The van der Waals surface area contributed by atoms with Crippen LogP contribution >= 0.6 is 0 Å². The number of sulfone groups is 1. The Morgan fingerprint density at radius 3 is 2.75 bits per heavy atom. The second-order valence-electron chi connectivity index (χ2n) is 4.84. The van der Waals surface area contributed by atoms with E-state index in [9.17, 15) is 13.5 Å². The summed E-state index contributed by atoms with van der Waals surface area (Å²) in [6.45, 7) is 2.61. The van der Waals surface area contributed by atoms with E-state index in [1.54, 1.807) is 0 Å². The highest BCUT2D eigenvalue weighted by molar-refractivity contribution is 7.90. The third-order valence-electron chi connectivity index (χ3n) is 3.08. The Morgan fingerprint density at radius 1 is 1.50 bits per heavy atom. The van der Waals surface area contributed by atoms with Crippen LogP contribution in [-0.4, -0.2) is 43.8 Å². The van der Waals surface area contributed by atoms with Crippen molar-refractivity contribution in [1.82, 2.24) is 0 Å². The van der Waals surface area contributed by atoms with Gasteiger partial charge < -0.3 is 9.84 Å². The van der Waals surface area contributed by atoms with Gasteiger partial charge in [-0.2, -0.15) is 0 Å². The van der Waals surface area contributed by atoms with Crippen molar-refractivity contribution in [2.45, 2.75) is 50.7 Å². The van der Waals surface area contributed by atoms with E-state index in [1.807, 2.05) is 0 Å². The summed E-state index contributed by atoms with van der Waals surface area (Å²) in [5.74, 6) is 0.0579. The smallest absolute Gasteiger partial charge is 0.147 e. The van der Waals surface area contributed by atoms with Crippen molar-refractivity contribution in [3.05, 3.63) is 0 Å². The summed E-state index contributed by atoms with van der Waals surface area (Å²) in [6, 6.07) is 0. The maximum absolute atomic E-state index is 11.1. The molecule has 0 aromatic carbocycles. The van der Waals surface area contributed by atoms with Gasteiger partial charge in [0.25, 0.3) is 0 Å². The molecular formula is C11H22O4S. The largest absolute Gasteiger partial charge is 0.390 e. The lowest BCUT2D eigenvalue weighted by Gasteiger charge is -2.36. The molecule has 0 aromatic rings. The van der Waals surface area contributed by atoms with Crippen LogP contribution in [0.4, 0.5) is 0 Å². The van der Waals surface area contributed by atoms with E-state index >= 15 is 0 Å². The summed E-state index contributed by atoms with van der Waals surface area (Å²) in [5, 5.41) is 10.3. The average Bonchev–Trinajstić information content (AvgIpc) is 2.15. The van der Waals surface area contributed by atoms with Gasteiger partial charge in [0.05, 0.1) is 17.5 Å². The summed E-state index contributed by atoms with van der Waals surface area (Å²) >= 11 is 0. The third-order valence-corrected chi connectivity index (χ3v) is 4.02. The quantitative estimate of drug-likeness (QED) is 0.794. The second-order valence-corrected chi connectivity index (χ2v) is 7.10. The van der Waals surface area contributed by atoms with Crippen molar-refractivity contribution in [1.29, 1.82) is 0 Å². The van der Waals surface area contributed by atoms with Crippen LogP contribution in [0.15, 0.2) is 0 Å². The Bertz CT molecular complexity index is 310. The summed E-state index contributed by atoms with van der Waals surface area (Å²) in [7, 11) is -2.99. The molecule has 0 spiro atoms. The first-order valence-electron chi connectivity index (χ1n) is 5.86. The molecule has 0 bridgehead atoms. The number of aliphatic hydroxyl groups is 1. The highest BCUT2D eigenvalue weighted by Gasteiger charge is 2.35. The molecule has 2 atom stereocenters. The molecular weight excluding hydrogens is 228 g/mol. The lowest BCUT2D eigenvalue weighted by Crippen LogP contribution is -2.42. The maximum Gasteiger partial charge on any atom is 0.147 e. The second kappa shape index (κ2) is 5.47. The van der Waals surface area contributed by atoms with Crippen molar-refractivity contribution in [2.24, 2.45) is 0 Å². The van der Waals surface area contributed by atoms with Crippen LogP contribution in [0, 0.1) is 0 Å². The van der Waals surface area contributed by atoms with Gasteiger partial charge >= 0.3 is 0 Å². The van der Waals surface area contributed by atoms with Crippen LogP contribution < -0.4 is 0 Å². The molecule has 0 saturated carbocycles. The Hall–Kier alpha value is -0.130. The van der Waals surface area contributed by atoms with Crippen molar-refractivity contribution < 1.29 is 18.3 Å². The molecule has 1 fully saturated rings. The molecule has 0 aliphatic carbocycles. The molecule has 1 N–H and O–H groups in total. The normalized spacial score (nSPS) is 31.6. The van der Waals surface area contributed by atoms with Gasteiger partial charge in [0.15, 0.2) is 0 Å². The topological polar surface area (TPSA) is 63.6 Å². The van der Waals surface area contributed by atoms with Crippen molar-refractivity contribution in [2.75, 3.05) is 18.6 Å². The van der Waals surface area contributed by atoms with Gasteiger partial charge in [-0.15, -0.1) is 0 Å². The molecule has 1 saturated heterocycles. The zero-order chi connectivity index (χ0) is 12.2. The summed E-state index contributed by atoms with van der Waals surface area (Å²) in [6.07, 6.45) is 4.69. The third kappa shape index (κ3) is 4.80. The Labute approximate surface area is 97.9 Å². The van der Waals surface area contributed by atoms with Crippen LogP contribution in [-0.2, 0) is 14.6 Å². The molecule has 0 radical (unpaired) electrons. The van der Waals surface area contributed by atoms with Crippen LogP contribution in [0.25, 0.3) is 0 Å². The molecule has 5 heteroatoms. The van der Waals surface area contributed by atoms with E-state index in [2.05, 4.69) is 6.92 Å². The minimum Gasteiger partial charge on any atom is -0.390 e. The van der Waals surface area contributed by atoms with Crippen molar-refractivity contribution >= 4 is 9.84 Å². The van der Waals surface area contributed by atoms with Gasteiger partial charge in [0.1, 0.15) is 9.84 Å². The van der Waals surface area contributed by atoms with Gasteiger partial charge in [0.2, 0.25) is 0 Å². The Morgan fingerprint density at radius 2 is 2.19 bits per heavy atom. The molecule has 1 aliphatic heterocycles. The Kier molecular flexibility index (Phi) is 4.76. The van der Waals surface area contributed by atoms with E-state index in [4.69, 9.17) is 4.74 Å². The van der Waals surface area contributed by atoms with Crippen molar-refractivity contribution in [3.63, 3.8) is 0 Å². The lowest BCUT2D eigenvalue weighted by molar-refractivity contribution is -0.106. The van der Waals surface area contributed by atoms with E-state index in [1.165, 1.54) is 6.26 Å². The molecule has 1 aliphatic rings. The lowest BCUT2D eigenvalue weighted by atomic mass is 9.87. The zero-order valence-corrected chi connectivity index (χ0v) is 10.9. The van der Waals surface area contributed by atoms with Gasteiger partial charge in [-0.1, -0.05) is 13.3 Å². The van der Waals surface area contributed by atoms with Gasteiger partial charge in [0, 0.05) is 19.3 Å². The van der Waals surface area contributed by atoms with Gasteiger partial charge in [-0.25, -0.2) is 8.42 Å². The predicted octanol–water partition coefficient (Wildman–Crippen LogP) is 1.13. The number of ether oxygens (including phenoxy) is 1. The number of hydrogen-bond acceptors (Lipinski definition) is 4. The standard InChI is InChI=1S/C11H22O4S/c1-3-4-10-9-11(12,5-7-15-10)6-8-16(2,13)14/h10,12H,3-9H2,1-2H3. The molecule has 96 valence electrons. The molecule has 2 unspecified atom stereocenters. The molecule has 0 amide bonds. The first-order valence-corrected chi connectivity index (χ1v) is 7.92. The predicted molar refractivity (Wildman–Crippen MR) is 63.2 cm³/mol. The van der Waals surface area contributed by atoms with Gasteiger partial charge in [-0.3, -0.25) is 0 Å². The van der Waals surface area contributed by atoms with Crippen LogP contribution in [0.3, 0.4) is 0 Å². The molecule has 4 nitrogen and oxygen atoms in total.